The normalized spacial score (nSPS) is 18.4. The van der Waals surface area contributed by atoms with Crippen LogP contribution in [-0.4, -0.2) is 23.6 Å². The van der Waals surface area contributed by atoms with E-state index >= 15 is 0 Å². The lowest BCUT2D eigenvalue weighted by atomic mass is 10.1. The van der Waals surface area contributed by atoms with Gasteiger partial charge in [-0.05, 0) is 24.0 Å². The van der Waals surface area contributed by atoms with Gasteiger partial charge in [0.2, 0.25) is 5.91 Å². The van der Waals surface area contributed by atoms with E-state index in [1.807, 2.05) is 24.3 Å². The summed E-state index contributed by atoms with van der Waals surface area (Å²) in [6, 6.07) is 10.9. The van der Waals surface area contributed by atoms with Gasteiger partial charge in [0, 0.05) is 22.4 Å². The summed E-state index contributed by atoms with van der Waals surface area (Å²) in [6.07, 6.45) is 0.899. The van der Waals surface area contributed by atoms with Crippen molar-refractivity contribution in [2.75, 3.05) is 11.9 Å². The van der Waals surface area contributed by atoms with E-state index in [0.29, 0.717) is 5.75 Å². The largest absolute Gasteiger partial charge is 0.481 e. The van der Waals surface area contributed by atoms with Gasteiger partial charge in [-0.3, -0.25) is 4.79 Å². The van der Waals surface area contributed by atoms with E-state index in [2.05, 4.69) is 19.2 Å². The first-order chi connectivity index (χ1) is 10.9. The predicted octanol–water partition coefficient (Wildman–Crippen LogP) is 3.29. The number of ether oxygens (including phenoxy) is 1. The fourth-order valence-electron chi connectivity index (χ4n) is 2.78. The number of carbonyl (C=O) groups is 2. The zero-order valence-corrected chi connectivity index (χ0v) is 13.1. The van der Waals surface area contributed by atoms with Gasteiger partial charge in [0.1, 0.15) is 5.75 Å². The Balaban J connectivity index is 1.88. The van der Waals surface area contributed by atoms with Crippen LogP contribution in [0.1, 0.15) is 20.3 Å². The summed E-state index contributed by atoms with van der Waals surface area (Å²) < 4.78 is 5.32. The molecule has 0 heterocycles. The molecule has 0 aromatic heterocycles. The molecule has 0 saturated heterocycles. The van der Waals surface area contributed by atoms with Crippen LogP contribution in [-0.2, 0) is 9.59 Å². The second kappa shape index (κ2) is 5.57. The van der Waals surface area contributed by atoms with Crippen molar-refractivity contribution < 1.29 is 19.4 Å². The zero-order valence-electron chi connectivity index (χ0n) is 13.1. The highest BCUT2D eigenvalue weighted by molar-refractivity contribution is 6.05. The summed E-state index contributed by atoms with van der Waals surface area (Å²) in [4.78, 5) is 23.0. The Labute approximate surface area is 134 Å². The molecule has 2 aromatic carbocycles. The highest BCUT2D eigenvalue weighted by Crippen LogP contribution is 2.52. The van der Waals surface area contributed by atoms with Gasteiger partial charge in [0.25, 0.3) is 0 Å². The number of nitrogens with one attached hydrogen (secondary N) is 1. The number of carbonyl (C=O) groups excluding carboxylic acids is 1. The second-order valence-electron chi connectivity index (χ2n) is 6.57. The SMILES string of the molecule is CC1(C)C[C@@H]1C(=O)Nc1ccc(OCC(=O)O)c2ccccc12. The Hall–Kier alpha value is -2.56. The van der Waals surface area contributed by atoms with Crippen molar-refractivity contribution in [1.29, 1.82) is 0 Å². The van der Waals surface area contributed by atoms with Crippen molar-refractivity contribution >= 4 is 28.3 Å². The Morgan fingerprint density at radius 2 is 1.87 bits per heavy atom. The Kier molecular flexibility index (Phi) is 3.72. The van der Waals surface area contributed by atoms with E-state index < -0.39 is 12.6 Å². The zero-order chi connectivity index (χ0) is 16.6. The monoisotopic (exact) mass is 313 g/mol. The van der Waals surface area contributed by atoms with Gasteiger partial charge in [0.05, 0.1) is 0 Å². The third-order valence-corrected chi connectivity index (χ3v) is 4.32. The molecule has 120 valence electrons. The van der Waals surface area contributed by atoms with Crippen molar-refractivity contribution in [2.45, 2.75) is 20.3 Å². The van der Waals surface area contributed by atoms with Crippen LogP contribution in [0.3, 0.4) is 0 Å². The van der Waals surface area contributed by atoms with E-state index in [1.54, 1.807) is 12.1 Å². The highest BCUT2D eigenvalue weighted by atomic mass is 16.5. The molecule has 0 spiro atoms. The van der Waals surface area contributed by atoms with Crippen LogP contribution in [0, 0.1) is 11.3 Å². The first-order valence-electron chi connectivity index (χ1n) is 7.56. The number of rotatable bonds is 5. The van der Waals surface area contributed by atoms with Gasteiger partial charge in [0.15, 0.2) is 6.61 Å². The molecule has 0 radical (unpaired) electrons. The molecule has 1 amide bonds. The van der Waals surface area contributed by atoms with Gasteiger partial charge in [-0.1, -0.05) is 38.1 Å². The topological polar surface area (TPSA) is 75.6 Å². The standard InChI is InChI=1S/C18H19NO4/c1-18(2)9-13(18)17(22)19-14-7-8-15(23-10-16(20)21)12-6-4-3-5-11(12)14/h3-8,13H,9-10H2,1-2H3,(H,19,22)(H,20,21)/t13-/m1/s1. The molecule has 2 N–H and O–H groups in total. The highest BCUT2D eigenvalue weighted by Gasteiger charge is 2.50. The number of carboxylic acid groups (broad SMARTS) is 1. The van der Waals surface area contributed by atoms with E-state index in [1.165, 1.54) is 0 Å². The van der Waals surface area contributed by atoms with Gasteiger partial charge in [-0.25, -0.2) is 4.79 Å². The predicted molar refractivity (Wildman–Crippen MR) is 87.6 cm³/mol. The summed E-state index contributed by atoms with van der Waals surface area (Å²) in [6.45, 7) is 3.77. The number of aliphatic carboxylic acids is 1. The molecule has 2 aromatic rings. The molecule has 0 bridgehead atoms. The minimum atomic E-state index is -1.03. The summed E-state index contributed by atoms with van der Waals surface area (Å²) in [5, 5.41) is 13.4. The number of fused-ring (bicyclic) bond motifs is 1. The molecule has 3 rings (SSSR count). The lowest BCUT2D eigenvalue weighted by molar-refractivity contribution is -0.139. The number of benzene rings is 2. The molecule has 1 atom stereocenters. The lowest BCUT2D eigenvalue weighted by Crippen LogP contribution is -2.16. The fraction of sp³-hybridized carbons (Fsp3) is 0.333. The van der Waals surface area contributed by atoms with Crippen molar-refractivity contribution in [2.24, 2.45) is 11.3 Å². The number of amides is 1. The van der Waals surface area contributed by atoms with Crippen molar-refractivity contribution in [1.82, 2.24) is 0 Å². The first-order valence-corrected chi connectivity index (χ1v) is 7.56. The number of hydrogen-bond donors (Lipinski definition) is 2. The summed E-state index contributed by atoms with van der Waals surface area (Å²) in [7, 11) is 0. The quantitative estimate of drug-likeness (QED) is 0.888. The maximum Gasteiger partial charge on any atom is 0.341 e. The van der Waals surface area contributed by atoms with Crippen LogP contribution in [0.15, 0.2) is 36.4 Å². The van der Waals surface area contributed by atoms with Crippen LogP contribution in [0.25, 0.3) is 10.8 Å². The van der Waals surface area contributed by atoms with Crippen LogP contribution in [0.2, 0.25) is 0 Å². The Morgan fingerprint density at radius 3 is 2.48 bits per heavy atom. The molecule has 1 aliphatic rings. The van der Waals surface area contributed by atoms with E-state index in [9.17, 15) is 9.59 Å². The second-order valence-corrected chi connectivity index (χ2v) is 6.57. The average molecular weight is 313 g/mol. The molecule has 5 nitrogen and oxygen atoms in total. The number of carboxylic acids is 1. The minimum Gasteiger partial charge on any atom is -0.481 e. The Morgan fingerprint density at radius 1 is 1.22 bits per heavy atom. The third kappa shape index (κ3) is 3.13. The first kappa shape index (κ1) is 15.3. The number of anilines is 1. The molecule has 1 fully saturated rings. The molecular formula is C18H19NO4. The fourth-order valence-corrected chi connectivity index (χ4v) is 2.78. The maximum atomic E-state index is 12.3. The maximum absolute atomic E-state index is 12.3. The lowest BCUT2D eigenvalue weighted by Gasteiger charge is -2.13. The van der Waals surface area contributed by atoms with Gasteiger partial charge in [-0.2, -0.15) is 0 Å². The summed E-state index contributed by atoms with van der Waals surface area (Å²) >= 11 is 0. The molecule has 0 aliphatic heterocycles. The summed E-state index contributed by atoms with van der Waals surface area (Å²) in [5.74, 6) is -0.460. The van der Waals surface area contributed by atoms with Crippen LogP contribution in [0.4, 0.5) is 5.69 Å². The van der Waals surface area contributed by atoms with Gasteiger partial charge >= 0.3 is 5.97 Å². The van der Waals surface area contributed by atoms with Crippen LogP contribution in [0.5, 0.6) is 5.75 Å². The molecule has 1 aliphatic carbocycles. The molecule has 5 heteroatoms. The summed E-state index contributed by atoms with van der Waals surface area (Å²) in [5.41, 5.74) is 0.792. The van der Waals surface area contributed by atoms with Crippen molar-refractivity contribution in [3.8, 4) is 5.75 Å². The van der Waals surface area contributed by atoms with Crippen LogP contribution >= 0.6 is 0 Å². The molecule has 1 saturated carbocycles. The van der Waals surface area contributed by atoms with E-state index in [4.69, 9.17) is 9.84 Å². The van der Waals surface area contributed by atoms with Gasteiger partial charge < -0.3 is 15.2 Å². The van der Waals surface area contributed by atoms with E-state index in [0.717, 1.165) is 22.9 Å². The van der Waals surface area contributed by atoms with E-state index in [-0.39, 0.29) is 17.2 Å². The van der Waals surface area contributed by atoms with Crippen LogP contribution < -0.4 is 10.1 Å². The average Bonchev–Trinajstić information content (AvgIpc) is 3.15. The third-order valence-electron chi connectivity index (χ3n) is 4.32. The molecular weight excluding hydrogens is 294 g/mol. The molecule has 0 unspecified atom stereocenters. The smallest absolute Gasteiger partial charge is 0.341 e. The van der Waals surface area contributed by atoms with Crippen molar-refractivity contribution in [3.63, 3.8) is 0 Å². The van der Waals surface area contributed by atoms with Gasteiger partial charge in [-0.15, -0.1) is 0 Å². The minimum absolute atomic E-state index is 0.0272. The molecule has 23 heavy (non-hydrogen) atoms. The van der Waals surface area contributed by atoms with Crippen molar-refractivity contribution in [3.05, 3.63) is 36.4 Å². The Bertz CT molecular complexity index is 782. The number of hydrogen-bond acceptors (Lipinski definition) is 3.